The van der Waals surface area contributed by atoms with Crippen molar-refractivity contribution in [2.75, 3.05) is 19.8 Å². The van der Waals surface area contributed by atoms with Crippen LogP contribution in [0.2, 0.25) is 0 Å². The summed E-state index contributed by atoms with van der Waals surface area (Å²) >= 11 is 0. The van der Waals surface area contributed by atoms with Crippen LogP contribution in [0.15, 0.2) is 0 Å². The highest BCUT2D eigenvalue weighted by molar-refractivity contribution is 7.86. The molecule has 0 spiro atoms. The van der Waals surface area contributed by atoms with Crippen molar-refractivity contribution in [2.24, 2.45) is 5.92 Å². The molecule has 0 saturated carbocycles. The number of aliphatic hydroxyl groups is 1. The number of halogens is 3. The number of aliphatic hydroxyl groups excluding tert-OH is 1. The zero-order valence-corrected chi connectivity index (χ0v) is 11.3. The number of carbonyl (C=O) groups is 1. The first-order valence-electron chi connectivity index (χ1n) is 5.41. The van der Waals surface area contributed by atoms with Crippen LogP contribution in [0.3, 0.4) is 0 Å². The largest absolute Gasteiger partial charge is 0.508 e. The lowest BCUT2D eigenvalue weighted by Crippen LogP contribution is -2.41. The van der Waals surface area contributed by atoms with Crippen molar-refractivity contribution >= 4 is 16.3 Å². The van der Waals surface area contributed by atoms with Crippen molar-refractivity contribution in [2.45, 2.75) is 24.8 Å². The summed E-state index contributed by atoms with van der Waals surface area (Å²) in [6, 6.07) is 0. The maximum atomic E-state index is 12.9. The molecule has 0 radical (unpaired) electrons. The summed E-state index contributed by atoms with van der Waals surface area (Å²) in [5.41, 5.74) is 0. The number of carbonyl (C=O) groups excluding carboxylic acids is 1. The van der Waals surface area contributed by atoms with Crippen LogP contribution >= 0.6 is 0 Å². The monoisotopic (exact) mass is 324 g/mol. The van der Waals surface area contributed by atoms with E-state index in [2.05, 4.69) is 9.47 Å². The molecule has 0 aromatic heterocycles. The maximum absolute atomic E-state index is 12.9. The first kappa shape index (κ1) is 18.9. The van der Waals surface area contributed by atoms with E-state index in [-0.39, 0.29) is 25.6 Å². The Balaban J connectivity index is 4.13. The molecule has 0 saturated heterocycles. The minimum absolute atomic E-state index is 0.147. The summed E-state index contributed by atoms with van der Waals surface area (Å²) in [6.45, 7) is -0.280. The summed E-state index contributed by atoms with van der Waals surface area (Å²) in [5.74, 6) is -0.166. The third kappa shape index (κ3) is 5.92. The van der Waals surface area contributed by atoms with Crippen molar-refractivity contribution < 1.29 is 45.5 Å². The molecular weight excluding hydrogens is 309 g/mol. The standard InChI is InChI=1S/C9H15F3O7S/c1-6(4-13)2-3-18-8(14)19-5-7(10)9(11,12)20(15,16)17/h6-7,13H,2-5H2,1H3,(H,15,16,17). The molecule has 11 heteroatoms. The van der Waals surface area contributed by atoms with Gasteiger partial charge in [0, 0.05) is 6.61 Å². The third-order valence-corrected chi connectivity index (χ3v) is 3.14. The van der Waals surface area contributed by atoms with Gasteiger partial charge in [0.05, 0.1) is 6.61 Å². The molecule has 120 valence electrons. The molecule has 7 nitrogen and oxygen atoms in total. The Bertz CT molecular complexity index is 412. The number of rotatable bonds is 8. The summed E-state index contributed by atoms with van der Waals surface area (Å²) < 4.78 is 75.1. The molecule has 0 aromatic carbocycles. The van der Waals surface area contributed by atoms with Crippen LogP contribution in [-0.4, -0.2) is 55.5 Å². The second kappa shape index (κ2) is 7.64. The SMILES string of the molecule is CC(CO)CCOC(=O)OCC(F)C(F)(F)S(=O)(=O)O. The van der Waals surface area contributed by atoms with Gasteiger partial charge in [-0.05, 0) is 12.3 Å². The molecule has 0 aliphatic rings. The van der Waals surface area contributed by atoms with Crippen molar-refractivity contribution in [1.29, 1.82) is 0 Å². The minimum Gasteiger partial charge on any atom is -0.434 e. The van der Waals surface area contributed by atoms with Crippen molar-refractivity contribution in [1.82, 2.24) is 0 Å². The quantitative estimate of drug-likeness (QED) is 0.506. The van der Waals surface area contributed by atoms with Gasteiger partial charge in [0.1, 0.15) is 6.61 Å². The van der Waals surface area contributed by atoms with Gasteiger partial charge in [0.15, 0.2) is 0 Å². The highest BCUT2D eigenvalue weighted by Crippen LogP contribution is 2.27. The molecule has 0 bridgehead atoms. The Morgan fingerprint density at radius 2 is 1.90 bits per heavy atom. The number of hydrogen-bond donors (Lipinski definition) is 2. The van der Waals surface area contributed by atoms with Gasteiger partial charge in [-0.25, -0.2) is 9.18 Å². The molecule has 2 N–H and O–H groups in total. The van der Waals surface area contributed by atoms with E-state index in [1.807, 2.05) is 0 Å². The van der Waals surface area contributed by atoms with Crippen LogP contribution in [0.25, 0.3) is 0 Å². The average molecular weight is 324 g/mol. The summed E-state index contributed by atoms with van der Waals surface area (Å²) in [7, 11) is -5.95. The van der Waals surface area contributed by atoms with E-state index in [4.69, 9.17) is 9.66 Å². The Kier molecular flexibility index (Phi) is 7.23. The fourth-order valence-electron chi connectivity index (χ4n) is 0.876. The number of ether oxygens (including phenoxy) is 2. The van der Waals surface area contributed by atoms with Crippen molar-refractivity contribution in [3.63, 3.8) is 0 Å². The summed E-state index contributed by atoms with van der Waals surface area (Å²) in [5, 5.41) is 3.57. The highest BCUT2D eigenvalue weighted by Gasteiger charge is 2.53. The Morgan fingerprint density at radius 3 is 2.35 bits per heavy atom. The van der Waals surface area contributed by atoms with Gasteiger partial charge >= 0.3 is 21.5 Å². The van der Waals surface area contributed by atoms with Crippen LogP contribution in [0.5, 0.6) is 0 Å². The van der Waals surface area contributed by atoms with E-state index >= 15 is 0 Å². The molecule has 0 amide bonds. The third-order valence-electron chi connectivity index (χ3n) is 2.20. The molecular formula is C9H15F3O7S. The second-order valence-electron chi connectivity index (χ2n) is 3.99. The van der Waals surface area contributed by atoms with E-state index in [9.17, 15) is 26.4 Å². The minimum atomic E-state index is -5.95. The van der Waals surface area contributed by atoms with Gasteiger partial charge in [-0.2, -0.15) is 17.2 Å². The first-order valence-corrected chi connectivity index (χ1v) is 6.85. The lowest BCUT2D eigenvalue weighted by Gasteiger charge is -2.17. The smallest absolute Gasteiger partial charge is 0.434 e. The van der Waals surface area contributed by atoms with Crippen LogP contribution in [0.4, 0.5) is 18.0 Å². The molecule has 2 atom stereocenters. The summed E-state index contributed by atoms with van der Waals surface area (Å²) in [4.78, 5) is 10.9. The molecule has 0 aliphatic carbocycles. The topological polar surface area (TPSA) is 110 Å². The Labute approximate surface area is 113 Å². The predicted molar refractivity (Wildman–Crippen MR) is 59.6 cm³/mol. The summed E-state index contributed by atoms with van der Waals surface area (Å²) in [6.07, 6.45) is -4.63. The van der Waals surface area contributed by atoms with E-state index in [1.54, 1.807) is 6.92 Å². The molecule has 0 heterocycles. The Hall–Kier alpha value is -1.07. The van der Waals surface area contributed by atoms with E-state index < -0.39 is 34.3 Å². The van der Waals surface area contributed by atoms with Crippen molar-refractivity contribution in [3.8, 4) is 0 Å². The molecule has 0 aliphatic heterocycles. The van der Waals surface area contributed by atoms with E-state index in [0.717, 1.165) is 0 Å². The normalized spacial score (nSPS) is 15.5. The average Bonchev–Trinajstić information content (AvgIpc) is 2.34. The first-order chi connectivity index (χ1) is 9.02. The fraction of sp³-hybridized carbons (Fsp3) is 0.889. The van der Waals surface area contributed by atoms with E-state index in [1.165, 1.54) is 0 Å². The van der Waals surface area contributed by atoms with Crippen LogP contribution in [0, 0.1) is 5.92 Å². The van der Waals surface area contributed by atoms with Gasteiger partial charge in [-0.15, -0.1) is 0 Å². The molecule has 0 fully saturated rings. The zero-order valence-electron chi connectivity index (χ0n) is 10.5. The predicted octanol–water partition coefficient (Wildman–Crippen LogP) is 0.977. The second-order valence-corrected chi connectivity index (χ2v) is 5.48. The van der Waals surface area contributed by atoms with Gasteiger partial charge < -0.3 is 14.6 Å². The van der Waals surface area contributed by atoms with E-state index in [0.29, 0.717) is 0 Å². The zero-order chi connectivity index (χ0) is 16.0. The molecule has 0 aromatic rings. The van der Waals surface area contributed by atoms with Gasteiger partial charge in [0.2, 0.25) is 6.17 Å². The lowest BCUT2D eigenvalue weighted by molar-refractivity contribution is -0.0421. The fourth-order valence-corrected chi connectivity index (χ4v) is 1.27. The molecule has 20 heavy (non-hydrogen) atoms. The Morgan fingerprint density at radius 1 is 1.35 bits per heavy atom. The number of alkyl halides is 3. The van der Waals surface area contributed by atoms with Crippen LogP contribution in [-0.2, 0) is 19.6 Å². The van der Waals surface area contributed by atoms with Crippen LogP contribution in [0.1, 0.15) is 13.3 Å². The maximum Gasteiger partial charge on any atom is 0.508 e. The van der Waals surface area contributed by atoms with Gasteiger partial charge in [-0.3, -0.25) is 4.55 Å². The van der Waals surface area contributed by atoms with Gasteiger partial charge in [0.25, 0.3) is 0 Å². The van der Waals surface area contributed by atoms with Crippen molar-refractivity contribution in [3.05, 3.63) is 0 Å². The van der Waals surface area contributed by atoms with Gasteiger partial charge in [-0.1, -0.05) is 6.92 Å². The lowest BCUT2D eigenvalue weighted by atomic mass is 10.1. The molecule has 2 unspecified atom stereocenters. The van der Waals surface area contributed by atoms with Crippen LogP contribution < -0.4 is 0 Å². The number of hydrogen-bond acceptors (Lipinski definition) is 6. The molecule has 0 rings (SSSR count). The highest BCUT2D eigenvalue weighted by atomic mass is 32.2.